The third kappa shape index (κ3) is 2.32. The molecule has 0 bridgehead atoms. The third-order valence-corrected chi connectivity index (χ3v) is 3.25. The molecule has 0 aliphatic carbocycles. The number of carbonyl (C=O) groups is 1. The lowest BCUT2D eigenvalue weighted by molar-refractivity contribution is -0.119. The monoisotopic (exact) mass is 264 g/mol. The molecular formula is C14H20N2O3. The van der Waals surface area contributed by atoms with Gasteiger partial charge in [-0.25, -0.2) is 0 Å². The van der Waals surface area contributed by atoms with Gasteiger partial charge < -0.3 is 19.7 Å². The molecule has 1 aliphatic rings. The van der Waals surface area contributed by atoms with Crippen LogP contribution in [-0.4, -0.2) is 32.7 Å². The molecule has 1 aromatic rings. The fourth-order valence-electron chi connectivity index (χ4n) is 2.31. The lowest BCUT2D eigenvalue weighted by Crippen LogP contribution is -2.46. The Labute approximate surface area is 113 Å². The zero-order chi connectivity index (χ0) is 14.0. The summed E-state index contributed by atoms with van der Waals surface area (Å²) in [6.45, 7) is 4.62. The fraction of sp³-hybridized carbons (Fsp3) is 0.500. The van der Waals surface area contributed by atoms with Crippen LogP contribution in [0.5, 0.6) is 11.5 Å². The number of benzene rings is 1. The van der Waals surface area contributed by atoms with Gasteiger partial charge in [-0.15, -0.1) is 0 Å². The van der Waals surface area contributed by atoms with Crippen LogP contribution < -0.4 is 19.7 Å². The number of fused-ring (bicyclic) bond motifs is 1. The molecule has 0 aromatic heterocycles. The van der Waals surface area contributed by atoms with Gasteiger partial charge in [-0.05, 0) is 13.3 Å². The molecule has 2 rings (SSSR count). The number of hydrogen-bond acceptors (Lipinski definition) is 4. The molecular weight excluding hydrogens is 244 g/mol. The highest BCUT2D eigenvalue weighted by Gasteiger charge is 2.30. The molecule has 1 unspecified atom stereocenters. The number of rotatable bonds is 4. The summed E-state index contributed by atoms with van der Waals surface area (Å²) in [5.74, 6) is 1.37. The third-order valence-electron chi connectivity index (χ3n) is 3.25. The predicted octanol–water partition coefficient (Wildman–Crippen LogP) is 2.26. The number of ether oxygens (including phenoxy) is 2. The van der Waals surface area contributed by atoms with Gasteiger partial charge in [0.05, 0.1) is 25.6 Å². The van der Waals surface area contributed by atoms with Crippen LogP contribution in [0.4, 0.5) is 11.4 Å². The second-order valence-corrected chi connectivity index (χ2v) is 4.58. The maximum absolute atomic E-state index is 12.2. The van der Waals surface area contributed by atoms with Gasteiger partial charge in [0.25, 0.3) is 0 Å². The molecule has 5 heteroatoms. The summed E-state index contributed by atoms with van der Waals surface area (Å²) in [6, 6.07) is 3.50. The summed E-state index contributed by atoms with van der Waals surface area (Å²) in [4.78, 5) is 14.0. The van der Waals surface area contributed by atoms with E-state index in [-0.39, 0.29) is 11.9 Å². The lowest BCUT2D eigenvalue weighted by atomic mass is 10.1. The van der Waals surface area contributed by atoms with E-state index in [4.69, 9.17) is 9.47 Å². The van der Waals surface area contributed by atoms with E-state index in [1.807, 2.05) is 19.1 Å². The summed E-state index contributed by atoms with van der Waals surface area (Å²) >= 11 is 0. The van der Waals surface area contributed by atoms with Crippen molar-refractivity contribution in [2.45, 2.75) is 26.3 Å². The lowest BCUT2D eigenvalue weighted by Gasteiger charge is -2.34. The molecule has 1 aromatic carbocycles. The van der Waals surface area contributed by atoms with Crippen LogP contribution in [0.3, 0.4) is 0 Å². The van der Waals surface area contributed by atoms with E-state index >= 15 is 0 Å². The molecule has 0 saturated carbocycles. The molecule has 5 nitrogen and oxygen atoms in total. The van der Waals surface area contributed by atoms with E-state index < -0.39 is 0 Å². The smallest absolute Gasteiger partial charge is 0.249 e. The summed E-state index contributed by atoms with van der Waals surface area (Å²) in [6.07, 6.45) is 0.909. The average molecular weight is 264 g/mol. The SMILES string of the molecule is CCCN1C(=O)C(C)Nc2cc(OC)c(OC)cc21. The minimum atomic E-state index is -0.225. The molecule has 1 heterocycles. The van der Waals surface area contributed by atoms with Gasteiger partial charge in [-0.2, -0.15) is 0 Å². The van der Waals surface area contributed by atoms with Gasteiger partial charge in [0.1, 0.15) is 6.04 Å². The Hall–Kier alpha value is -1.91. The van der Waals surface area contributed by atoms with Crippen LogP contribution in [0.25, 0.3) is 0 Å². The van der Waals surface area contributed by atoms with Crippen LogP contribution in [0.15, 0.2) is 12.1 Å². The Balaban J connectivity index is 2.51. The molecule has 104 valence electrons. The average Bonchev–Trinajstić information content (AvgIpc) is 2.42. The first-order valence-electron chi connectivity index (χ1n) is 6.46. The van der Waals surface area contributed by atoms with Crippen LogP contribution in [0.2, 0.25) is 0 Å². The zero-order valence-electron chi connectivity index (χ0n) is 11.8. The van der Waals surface area contributed by atoms with Crippen molar-refractivity contribution in [2.24, 2.45) is 0 Å². The van der Waals surface area contributed by atoms with Crippen molar-refractivity contribution >= 4 is 17.3 Å². The number of anilines is 2. The summed E-state index contributed by atoms with van der Waals surface area (Å²) in [5, 5.41) is 3.20. The van der Waals surface area contributed by atoms with Gasteiger partial charge in [0.2, 0.25) is 5.91 Å². The predicted molar refractivity (Wildman–Crippen MR) is 75.3 cm³/mol. The number of hydrogen-bond donors (Lipinski definition) is 1. The van der Waals surface area contributed by atoms with Crippen molar-refractivity contribution in [3.8, 4) is 11.5 Å². The van der Waals surface area contributed by atoms with E-state index in [9.17, 15) is 4.79 Å². The number of carbonyl (C=O) groups excluding carboxylic acids is 1. The maximum Gasteiger partial charge on any atom is 0.249 e. The van der Waals surface area contributed by atoms with E-state index in [0.29, 0.717) is 18.0 Å². The van der Waals surface area contributed by atoms with Crippen molar-refractivity contribution < 1.29 is 14.3 Å². The van der Waals surface area contributed by atoms with Crippen molar-refractivity contribution in [3.63, 3.8) is 0 Å². The van der Waals surface area contributed by atoms with Crippen LogP contribution in [-0.2, 0) is 4.79 Å². The highest BCUT2D eigenvalue weighted by atomic mass is 16.5. The van der Waals surface area contributed by atoms with E-state index in [2.05, 4.69) is 12.2 Å². The first-order valence-corrected chi connectivity index (χ1v) is 6.46. The summed E-state index contributed by atoms with van der Waals surface area (Å²) in [7, 11) is 3.20. The van der Waals surface area contributed by atoms with Crippen LogP contribution in [0, 0.1) is 0 Å². The molecule has 1 aliphatic heterocycles. The van der Waals surface area contributed by atoms with Gasteiger partial charge in [-0.3, -0.25) is 4.79 Å². The van der Waals surface area contributed by atoms with Crippen molar-refractivity contribution in [1.29, 1.82) is 0 Å². The molecule has 0 radical (unpaired) electrons. The second-order valence-electron chi connectivity index (χ2n) is 4.58. The van der Waals surface area contributed by atoms with E-state index in [0.717, 1.165) is 17.8 Å². The number of nitrogens with one attached hydrogen (secondary N) is 1. The second kappa shape index (κ2) is 5.38. The van der Waals surface area contributed by atoms with Gasteiger partial charge in [0.15, 0.2) is 11.5 Å². The van der Waals surface area contributed by atoms with Crippen molar-refractivity contribution in [1.82, 2.24) is 0 Å². The largest absolute Gasteiger partial charge is 0.493 e. The maximum atomic E-state index is 12.2. The standard InChI is InChI=1S/C14H20N2O3/c1-5-6-16-11-8-13(19-4)12(18-3)7-10(11)15-9(2)14(16)17/h7-9,15H,5-6H2,1-4H3. The van der Waals surface area contributed by atoms with E-state index in [1.54, 1.807) is 19.1 Å². The zero-order valence-corrected chi connectivity index (χ0v) is 11.8. The summed E-state index contributed by atoms with van der Waals surface area (Å²) < 4.78 is 10.6. The highest BCUT2D eigenvalue weighted by molar-refractivity contribution is 6.05. The molecule has 19 heavy (non-hydrogen) atoms. The number of nitrogens with zero attached hydrogens (tertiary/aromatic N) is 1. The molecule has 1 N–H and O–H groups in total. The first-order chi connectivity index (χ1) is 9.12. The van der Waals surface area contributed by atoms with Gasteiger partial charge in [0, 0.05) is 18.7 Å². The van der Waals surface area contributed by atoms with Crippen molar-refractivity contribution in [2.75, 3.05) is 31.0 Å². The molecule has 1 atom stereocenters. The Morgan fingerprint density at radius 2 is 1.89 bits per heavy atom. The quantitative estimate of drug-likeness (QED) is 0.906. The summed E-state index contributed by atoms with van der Waals surface area (Å²) in [5.41, 5.74) is 1.75. The normalized spacial score (nSPS) is 17.8. The molecule has 0 fully saturated rings. The number of amides is 1. The van der Waals surface area contributed by atoms with Crippen LogP contribution in [0.1, 0.15) is 20.3 Å². The first kappa shape index (κ1) is 13.5. The Morgan fingerprint density at radius 3 is 2.47 bits per heavy atom. The van der Waals surface area contributed by atoms with Gasteiger partial charge >= 0.3 is 0 Å². The highest BCUT2D eigenvalue weighted by Crippen LogP contribution is 2.40. The fourth-order valence-corrected chi connectivity index (χ4v) is 2.31. The Morgan fingerprint density at radius 1 is 1.26 bits per heavy atom. The minimum absolute atomic E-state index is 0.0848. The van der Waals surface area contributed by atoms with E-state index in [1.165, 1.54) is 0 Å². The Bertz CT molecular complexity index is 488. The van der Waals surface area contributed by atoms with Gasteiger partial charge in [-0.1, -0.05) is 6.92 Å². The van der Waals surface area contributed by atoms with Crippen molar-refractivity contribution in [3.05, 3.63) is 12.1 Å². The topological polar surface area (TPSA) is 50.8 Å². The molecule has 0 saturated heterocycles. The Kier molecular flexibility index (Phi) is 3.83. The van der Waals surface area contributed by atoms with Crippen LogP contribution >= 0.6 is 0 Å². The minimum Gasteiger partial charge on any atom is -0.493 e. The molecule has 1 amide bonds. The molecule has 0 spiro atoms. The number of methoxy groups -OCH3 is 2.